The van der Waals surface area contributed by atoms with Crippen LogP contribution in [0.15, 0.2) is 170 Å². The average molecular weight is 717 g/mol. The van der Waals surface area contributed by atoms with Gasteiger partial charge in [0, 0.05) is 48.0 Å². The van der Waals surface area contributed by atoms with Crippen molar-refractivity contribution in [3.8, 4) is 28.3 Å². The van der Waals surface area contributed by atoms with Crippen molar-refractivity contribution in [2.75, 3.05) is 0 Å². The van der Waals surface area contributed by atoms with E-state index in [1.165, 1.54) is 80.9 Å². The molecule has 5 heteroatoms. The minimum atomic E-state index is 0.719. The predicted octanol–water partition coefficient (Wildman–Crippen LogP) is 13.6. The van der Waals surface area contributed by atoms with Crippen LogP contribution in [-0.4, -0.2) is 18.9 Å². The fourth-order valence-electron chi connectivity index (χ4n) is 9.34. The Hall–Kier alpha value is -7.08. The van der Waals surface area contributed by atoms with Crippen LogP contribution in [0.25, 0.3) is 119 Å². The molecule has 13 aromatic rings. The highest BCUT2D eigenvalue weighted by molar-refractivity contribution is 7.25. The van der Waals surface area contributed by atoms with Crippen molar-refractivity contribution >= 4 is 102 Å². The minimum Gasteiger partial charge on any atom is -0.308 e. The highest BCUT2D eigenvalue weighted by atomic mass is 32.1. The zero-order valence-corrected chi connectivity index (χ0v) is 30.2. The van der Waals surface area contributed by atoms with Gasteiger partial charge in [-0.2, -0.15) is 0 Å². The lowest BCUT2D eigenvalue weighted by Gasteiger charge is -2.12. The van der Waals surface area contributed by atoms with E-state index in [9.17, 15) is 0 Å². The van der Waals surface area contributed by atoms with Crippen molar-refractivity contribution in [1.82, 2.24) is 18.9 Å². The van der Waals surface area contributed by atoms with E-state index in [1.807, 2.05) is 0 Å². The van der Waals surface area contributed by atoms with Crippen LogP contribution >= 0.6 is 11.3 Å². The number of para-hydroxylation sites is 2. The molecule has 0 spiro atoms. The van der Waals surface area contributed by atoms with E-state index in [0.717, 1.165) is 38.5 Å². The Morgan fingerprint density at radius 3 is 1.89 bits per heavy atom. The minimum absolute atomic E-state index is 0.719. The maximum Gasteiger partial charge on any atom is 0.163 e. The lowest BCUT2D eigenvalue weighted by Crippen LogP contribution is -2.02. The molecular formula is C50H28N4S. The van der Waals surface area contributed by atoms with Crippen molar-refractivity contribution in [3.63, 3.8) is 0 Å². The van der Waals surface area contributed by atoms with Crippen molar-refractivity contribution in [1.29, 1.82) is 0 Å². The fourth-order valence-corrected chi connectivity index (χ4v) is 10.4. The van der Waals surface area contributed by atoms with Crippen molar-refractivity contribution in [2.45, 2.75) is 0 Å². The van der Waals surface area contributed by atoms with E-state index in [1.54, 1.807) is 11.3 Å². The zero-order chi connectivity index (χ0) is 35.8. The second kappa shape index (κ2) is 10.8. The van der Waals surface area contributed by atoms with Gasteiger partial charge in [-0.1, -0.05) is 140 Å². The van der Waals surface area contributed by atoms with Gasteiger partial charge in [-0.15, -0.1) is 11.3 Å². The first-order valence-electron chi connectivity index (χ1n) is 18.7. The third-order valence-electron chi connectivity index (χ3n) is 11.7. The molecular weight excluding hydrogens is 689 g/mol. The monoisotopic (exact) mass is 716 g/mol. The molecule has 254 valence electrons. The molecule has 0 aliphatic carbocycles. The Bertz CT molecular complexity index is 3700. The molecule has 0 radical (unpaired) electrons. The summed E-state index contributed by atoms with van der Waals surface area (Å²) in [6.07, 6.45) is 0. The Morgan fingerprint density at radius 2 is 1.05 bits per heavy atom. The molecule has 5 aromatic heterocycles. The van der Waals surface area contributed by atoms with Gasteiger partial charge in [-0.25, -0.2) is 9.97 Å². The normalized spacial score (nSPS) is 12.4. The van der Waals surface area contributed by atoms with Crippen LogP contribution in [0, 0.1) is 0 Å². The summed E-state index contributed by atoms with van der Waals surface area (Å²) in [5, 5.41) is 12.3. The quantitative estimate of drug-likeness (QED) is 0.182. The van der Waals surface area contributed by atoms with E-state index in [0.29, 0.717) is 0 Å². The van der Waals surface area contributed by atoms with Crippen LogP contribution in [0.3, 0.4) is 0 Å². The number of hydrogen-bond donors (Lipinski definition) is 0. The van der Waals surface area contributed by atoms with Gasteiger partial charge in [0.25, 0.3) is 0 Å². The molecule has 0 amide bonds. The average Bonchev–Trinajstić information content (AvgIpc) is 3.99. The second-order valence-corrected chi connectivity index (χ2v) is 15.6. The maximum absolute atomic E-state index is 5.61. The van der Waals surface area contributed by atoms with Gasteiger partial charge in [0.05, 0.1) is 33.0 Å². The molecule has 4 nitrogen and oxygen atoms in total. The van der Waals surface area contributed by atoms with Gasteiger partial charge in [-0.05, 0) is 52.2 Å². The van der Waals surface area contributed by atoms with E-state index < -0.39 is 0 Å². The zero-order valence-electron chi connectivity index (χ0n) is 29.4. The number of aromatic nitrogens is 4. The predicted molar refractivity (Wildman–Crippen MR) is 232 cm³/mol. The number of hydrogen-bond acceptors (Lipinski definition) is 3. The molecule has 0 saturated heterocycles. The summed E-state index contributed by atoms with van der Waals surface area (Å²) in [6, 6.07) is 61.5. The molecule has 0 aliphatic heterocycles. The Balaban J connectivity index is 1.23. The van der Waals surface area contributed by atoms with Gasteiger partial charge in [-0.3, -0.25) is 4.57 Å². The summed E-state index contributed by atoms with van der Waals surface area (Å²) in [6.45, 7) is 0. The van der Waals surface area contributed by atoms with Crippen LogP contribution in [-0.2, 0) is 0 Å². The molecule has 5 heterocycles. The Morgan fingerprint density at radius 1 is 0.400 bits per heavy atom. The first kappa shape index (κ1) is 29.4. The number of rotatable bonds is 3. The van der Waals surface area contributed by atoms with Crippen molar-refractivity contribution < 1.29 is 0 Å². The van der Waals surface area contributed by atoms with Crippen LogP contribution in [0.5, 0.6) is 0 Å². The van der Waals surface area contributed by atoms with Crippen molar-refractivity contribution in [2.24, 2.45) is 0 Å². The topological polar surface area (TPSA) is 35.1 Å². The fraction of sp³-hybridized carbons (Fsp3) is 0. The summed E-state index contributed by atoms with van der Waals surface area (Å²) in [5.41, 5.74) is 9.37. The summed E-state index contributed by atoms with van der Waals surface area (Å²) in [5.74, 6) is 1.62. The number of thiophene rings is 1. The number of nitrogens with zero attached hydrogens (tertiary/aromatic N) is 4. The third kappa shape index (κ3) is 3.89. The summed E-state index contributed by atoms with van der Waals surface area (Å²) in [7, 11) is 0. The maximum atomic E-state index is 5.61. The van der Waals surface area contributed by atoms with Gasteiger partial charge < -0.3 is 4.40 Å². The van der Waals surface area contributed by atoms with Crippen LogP contribution in [0.2, 0.25) is 0 Å². The van der Waals surface area contributed by atoms with Crippen molar-refractivity contribution in [3.05, 3.63) is 170 Å². The van der Waals surface area contributed by atoms with Gasteiger partial charge in [0.15, 0.2) is 11.6 Å². The lowest BCUT2D eigenvalue weighted by atomic mass is 9.99. The number of fused-ring (bicyclic) bond motifs is 15. The third-order valence-corrected chi connectivity index (χ3v) is 12.7. The SMILES string of the molecule is c1ccc(-c2ccc(-c3nc(-n4c5ccc6ccccc6c5c5c6c7ccccc7n7c8ccccc8c(cc54)c67)c4c(n3)sc3ccccc34)cc2)cc1. The summed E-state index contributed by atoms with van der Waals surface area (Å²) < 4.78 is 6.13. The largest absolute Gasteiger partial charge is 0.308 e. The molecule has 0 bridgehead atoms. The molecule has 0 fully saturated rings. The van der Waals surface area contributed by atoms with E-state index in [2.05, 4.69) is 179 Å². The highest BCUT2D eigenvalue weighted by Crippen LogP contribution is 2.49. The van der Waals surface area contributed by atoms with Gasteiger partial charge in [0.2, 0.25) is 0 Å². The van der Waals surface area contributed by atoms with Crippen LogP contribution < -0.4 is 0 Å². The standard InChI is InChI=1S/C50H28N4S/c1-2-12-29(13-3-1)30-22-24-32(25-23-30)48-51-49(45-36-18-8-11-21-42(36)55-50(45)52-48)54-40-27-26-31-14-4-5-15-33(31)43(40)46-41(54)28-37-34-16-6-9-19-38(34)53-39-20-10-7-17-35(39)44(46)47(37)53/h1-28H. The first-order valence-corrected chi connectivity index (χ1v) is 19.5. The van der Waals surface area contributed by atoms with E-state index >= 15 is 0 Å². The highest BCUT2D eigenvalue weighted by Gasteiger charge is 2.27. The molecule has 0 aliphatic rings. The summed E-state index contributed by atoms with van der Waals surface area (Å²) in [4.78, 5) is 11.9. The lowest BCUT2D eigenvalue weighted by molar-refractivity contribution is 1.08. The second-order valence-electron chi connectivity index (χ2n) is 14.5. The smallest absolute Gasteiger partial charge is 0.163 e. The van der Waals surface area contributed by atoms with E-state index in [4.69, 9.17) is 9.97 Å². The molecule has 8 aromatic carbocycles. The molecule has 0 N–H and O–H groups in total. The van der Waals surface area contributed by atoms with Crippen LogP contribution in [0.1, 0.15) is 0 Å². The molecule has 13 rings (SSSR count). The van der Waals surface area contributed by atoms with Gasteiger partial charge in [0.1, 0.15) is 4.83 Å². The molecule has 0 atom stereocenters. The van der Waals surface area contributed by atoms with E-state index in [-0.39, 0.29) is 0 Å². The molecule has 0 unspecified atom stereocenters. The first-order chi connectivity index (χ1) is 27.3. The Kier molecular flexibility index (Phi) is 5.74. The van der Waals surface area contributed by atoms with Crippen LogP contribution in [0.4, 0.5) is 0 Å². The molecule has 0 saturated carbocycles. The number of benzene rings is 8. The molecule has 55 heavy (non-hydrogen) atoms. The Labute approximate surface area is 318 Å². The summed E-state index contributed by atoms with van der Waals surface area (Å²) >= 11 is 1.74. The van der Waals surface area contributed by atoms with Gasteiger partial charge >= 0.3 is 0 Å².